The number of ether oxygens (including phenoxy) is 1. The van der Waals surface area contributed by atoms with Crippen molar-refractivity contribution in [3.63, 3.8) is 0 Å². The van der Waals surface area contributed by atoms with Crippen LogP contribution in [-0.2, 0) is 11.3 Å². The first kappa shape index (κ1) is 13.3. The Morgan fingerprint density at radius 1 is 1.44 bits per heavy atom. The van der Waals surface area contributed by atoms with Gasteiger partial charge in [-0.25, -0.2) is 0 Å². The number of hydrogen-bond donors (Lipinski definition) is 1. The molecule has 0 saturated carbocycles. The molecule has 0 atom stereocenters. The number of nitrogens with zero attached hydrogens (tertiary/aromatic N) is 3. The van der Waals surface area contributed by atoms with Gasteiger partial charge >= 0.3 is 0 Å². The third-order valence-corrected chi connectivity index (χ3v) is 2.94. The maximum Gasteiger partial charge on any atom is 0.205 e. The van der Waals surface area contributed by atoms with Gasteiger partial charge in [0.15, 0.2) is 0 Å². The molecule has 0 saturated heterocycles. The molecule has 92 valence electrons. The van der Waals surface area contributed by atoms with Crippen molar-refractivity contribution in [1.29, 1.82) is 0 Å². The van der Waals surface area contributed by atoms with E-state index in [9.17, 15) is 0 Å². The van der Waals surface area contributed by atoms with Crippen molar-refractivity contribution in [2.24, 2.45) is 0 Å². The van der Waals surface area contributed by atoms with Gasteiger partial charge in [-0.05, 0) is 20.9 Å². The van der Waals surface area contributed by atoms with Crippen LogP contribution in [0.2, 0.25) is 0 Å². The molecule has 6 heteroatoms. The molecule has 0 bridgehead atoms. The minimum Gasteiger partial charge on any atom is -0.377 e. The van der Waals surface area contributed by atoms with Crippen LogP contribution in [0.4, 0.5) is 5.13 Å². The molecule has 1 aromatic heterocycles. The predicted octanol–water partition coefficient (Wildman–Crippen LogP) is 1.44. The van der Waals surface area contributed by atoms with E-state index in [1.165, 1.54) is 0 Å². The van der Waals surface area contributed by atoms with Crippen molar-refractivity contribution in [3.05, 3.63) is 5.01 Å². The second-order valence-electron chi connectivity index (χ2n) is 3.91. The number of hydrogen-bond acceptors (Lipinski definition) is 6. The Morgan fingerprint density at radius 2 is 2.19 bits per heavy atom. The smallest absolute Gasteiger partial charge is 0.205 e. The molecule has 1 rings (SSSR count). The van der Waals surface area contributed by atoms with Crippen LogP contribution in [0.15, 0.2) is 0 Å². The zero-order chi connectivity index (χ0) is 12.0. The quantitative estimate of drug-likeness (QED) is 0.786. The van der Waals surface area contributed by atoms with E-state index < -0.39 is 0 Å². The monoisotopic (exact) mass is 244 g/mol. The fourth-order valence-electron chi connectivity index (χ4n) is 1.17. The minimum absolute atomic E-state index is 0.297. The molecule has 0 radical (unpaired) electrons. The van der Waals surface area contributed by atoms with E-state index in [2.05, 4.69) is 27.5 Å². The first-order chi connectivity index (χ1) is 7.61. The fourth-order valence-corrected chi connectivity index (χ4v) is 1.95. The number of rotatable bonds is 7. The normalized spacial score (nSPS) is 11.4. The zero-order valence-electron chi connectivity index (χ0n) is 10.4. The van der Waals surface area contributed by atoms with Crippen LogP contribution in [0.5, 0.6) is 0 Å². The molecule has 0 fully saturated rings. The summed E-state index contributed by atoms with van der Waals surface area (Å²) >= 11 is 1.59. The van der Waals surface area contributed by atoms with E-state index in [1.807, 2.05) is 20.9 Å². The largest absolute Gasteiger partial charge is 0.377 e. The minimum atomic E-state index is 0.297. The summed E-state index contributed by atoms with van der Waals surface area (Å²) in [5.74, 6) is 0. The molecule has 1 heterocycles. The number of likely N-dealkylation sites (N-methyl/N-ethyl adjacent to an activating group) is 1. The first-order valence-corrected chi connectivity index (χ1v) is 6.23. The Hall–Kier alpha value is -0.720. The van der Waals surface area contributed by atoms with Crippen molar-refractivity contribution in [1.82, 2.24) is 15.1 Å². The molecular weight excluding hydrogens is 224 g/mol. The molecule has 0 aromatic carbocycles. The van der Waals surface area contributed by atoms with Gasteiger partial charge in [0.05, 0.1) is 19.3 Å². The van der Waals surface area contributed by atoms with Gasteiger partial charge in [0.1, 0.15) is 5.01 Å². The van der Waals surface area contributed by atoms with E-state index in [1.54, 1.807) is 11.3 Å². The second kappa shape index (κ2) is 6.78. The molecule has 1 N–H and O–H groups in total. The third kappa shape index (κ3) is 4.87. The fraction of sp³-hybridized carbons (Fsp3) is 0.800. The van der Waals surface area contributed by atoms with Gasteiger partial charge < -0.3 is 10.1 Å². The first-order valence-electron chi connectivity index (χ1n) is 5.42. The van der Waals surface area contributed by atoms with Crippen molar-refractivity contribution in [2.45, 2.75) is 26.5 Å². The molecule has 5 nitrogen and oxygen atoms in total. The van der Waals surface area contributed by atoms with Crippen LogP contribution in [0.25, 0.3) is 0 Å². The second-order valence-corrected chi connectivity index (χ2v) is 4.97. The van der Waals surface area contributed by atoms with Crippen LogP contribution in [0, 0.1) is 0 Å². The van der Waals surface area contributed by atoms with Crippen molar-refractivity contribution < 1.29 is 4.74 Å². The lowest BCUT2D eigenvalue weighted by molar-refractivity contribution is 0.0626. The molecule has 0 aliphatic heterocycles. The Kier molecular flexibility index (Phi) is 5.65. The Labute approximate surface area is 101 Å². The number of anilines is 1. The van der Waals surface area contributed by atoms with Gasteiger partial charge in [0, 0.05) is 13.6 Å². The van der Waals surface area contributed by atoms with E-state index in [-0.39, 0.29) is 0 Å². The van der Waals surface area contributed by atoms with Gasteiger partial charge in [-0.15, -0.1) is 10.2 Å². The highest BCUT2D eigenvalue weighted by Crippen LogP contribution is 2.15. The topological polar surface area (TPSA) is 50.3 Å². The number of nitrogens with one attached hydrogen (secondary N) is 1. The van der Waals surface area contributed by atoms with Crippen LogP contribution >= 0.6 is 11.3 Å². The Morgan fingerprint density at radius 3 is 2.75 bits per heavy atom. The molecule has 0 unspecified atom stereocenters. The maximum atomic E-state index is 5.49. The summed E-state index contributed by atoms with van der Waals surface area (Å²) in [6, 6.07) is 0. The van der Waals surface area contributed by atoms with Crippen molar-refractivity contribution in [3.8, 4) is 0 Å². The standard InChI is InChI=1S/C10H20N4OS/c1-8(2)15-6-5-14(4)7-9-12-13-10(11-3)16-9/h8H,5-7H2,1-4H3,(H,11,13). The summed E-state index contributed by atoms with van der Waals surface area (Å²) in [6.45, 7) is 6.58. The number of aromatic nitrogens is 2. The van der Waals surface area contributed by atoms with Crippen molar-refractivity contribution >= 4 is 16.5 Å². The molecule has 0 aliphatic carbocycles. The lowest BCUT2D eigenvalue weighted by atomic mass is 10.5. The summed E-state index contributed by atoms with van der Waals surface area (Å²) in [4.78, 5) is 2.18. The van der Waals surface area contributed by atoms with Gasteiger partial charge in [-0.2, -0.15) is 0 Å². The molecule has 0 amide bonds. The third-order valence-electron chi connectivity index (χ3n) is 2.01. The van der Waals surface area contributed by atoms with Gasteiger partial charge in [0.2, 0.25) is 5.13 Å². The summed E-state index contributed by atoms with van der Waals surface area (Å²) in [7, 11) is 3.91. The van der Waals surface area contributed by atoms with Gasteiger partial charge in [-0.3, -0.25) is 4.90 Å². The molecular formula is C10H20N4OS. The zero-order valence-corrected chi connectivity index (χ0v) is 11.2. The van der Waals surface area contributed by atoms with Crippen LogP contribution in [0.3, 0.4) is 0 Å². The Balaban J connectivity index is 2.25. The highest BCUT2D eigenvalue weighted by molar-refractivity contribution is 7.15. The SMILES string of the molecule is CNc1nnc(CN(C)CCOC(C)C)s1. The summed E-state index contributed by atoms with van der Waals surface area (Å²) in [5, 5.41) is 13.0. The van der Waals surface area contributed by atoms with E-state index >= 15 is 0 Å². The van der Waals surface area contributed by atoms with Crippen LogP contribution in [0.1, 0.15) is 18.9 Å². The average molecular weight is 244 g/mol. The summed E-state index contributed by atoms with van der Waals surface area (Å²) < 4.78 is 5.49. The maximum absolute atomic E-state index is 5.49. The summed E-state index contributed by atoms with van der Waals surface area (Å²) in [5.41, 5.74) is 0. The average Bonchev–Trinajstić information content (AvgIpc) is 2.65. The van der Waals surface area contributed by atoms with Gasteiger partial charge in [-0.1, -0.05) is 11.3 Å². The lowest BCUT2D eigenvalue weighted by Gasteiger charge is -2.15. The van der Waals surface area contributed by atoms with Crippen LogP contribution in [-0.4, -0.2) is 48.4 Å². The van der Waals surface area contributed by atoms with E-state index in [4.69, 9.17) is 4.74 Å². The molecule has 1 aromatic rings. The Bertz CT molecular complexity index is 303. The van der Waals surface area contributed by atoms with E-state index in [0.29, 0.717) is 6.10 Å². The highest BCUT2D eigenvalue weighted by atomic mass is 32.1. The van der Waals surface area contributed by atoms with Gasteiger partial charge in [0.25, 0.3) is 0 Å². The summed E-state index contributed by atoms with van der Waals surface area (Å²) in [6.07, 6.45) is 0.297. The van der Waals surface area contributed by atoms with Crippen molar-refractivity contribution in [2.75, 3.05) is 32.6 Å². The lowest BCUT2D eigenvalue weighted by Crippen LogP contribution is -2.23. The molecule has 0 aliphatic rings. The predicted molar refractivity (Wildman–Crippen MR) is 66.9 cm³/mol. The molecule has 0 spiro atoms. The van der Waals surface area contributed by atoms with E-state index in [0.717, 1.165) is 29.8 Å². The molecule has 16 heavy (non-hydrogen) atoms. The van der Waals surface area contributed by atoms with Crippen LogP contribution < -0.4 is 5.32 Å². The highest BCUT2D eigenvalue weighted by Gasteiger charge is 2.06.